The SMILES string of the molecule is CCCCCCCCc1ccc([S+](c2ccccc2)c2ccccc2)cc1.O=C([O-])C(F)(F)F. The van der Waals surface area contributed by atoms with Crippen molar-refractivity contribution in [1.29, 1.82) is 0 Å². The molecule has 3 aromatic carbocycles. The molecule has 0 atom stereocenters. The standard InChI is InChI=1S/C26H31S.C2HF3O2/c1-2-3-4-5-6-9-14-23-19-21-26(22-20-23)27(24-15-10-7-11-16-24)25-17-12-8-13-18-25;3-2(4,5)1(6)7/h7-8,10-13,15-22H,2-6,9,14H2,1H3;(H,6,7)/q+1;/p-1. The van der Waals surface area contributed by atoms with E-state index in [1.165, 1.54) is 65.2 Å². The summed E-state index contributed by atoms with van der Waals surface area (Å²) in [6, 6.07) is 31.1. The van der Waals surface area contributed by atoms with E-state index in [1.54, 1.807) is 0 Å². The molecule has 34 heavy (non-hydrogen) atoms. The molecule has 2 nitrogen and oxygen atoms in total. The zero-order chi connectivity index (χ0) is 24.8. The number of unbranched alkanes of at least 4 members (excludes halogenated alkanes) is 5. The number of hydrogen-bond acceptors (Lipinski definition) is 2. The van der Waals surface area contributed by atoms with Gasteiger partial charge in [-0.1, -0.05) is 87.6 Å². The van der Waals surface area contributed by atoms with Gasteiger partial charge in [0, 0.05) is 0 Å². The third-order valence-corrected chi connectivity index (χ3v) is 7.40. The van der Waals surface area contributed by atoms with Crippen LogP contribution >= 0.6 is 0 Å². The number of carbonyl (C=O) groups excluding carboxylic acids is 1. The summed E-state index contributed by atoms with van der Waals surface area (Å²) >= 11 is 0. The van der Waals surface area contributed by atoms with E-state index in [4.69, 9.17) is 9.90 Å². The Morgan fingerprint density at radius 1 is 0.706 bits per heavy atom. The molecule has 182 valence electrons. The van der Waals surface area contributed by atoms with Crippen LogP contribution in [0.1, 0.15) is 51.0 Å². The molecule has 0 unspecified atom stereocenters. The predicted molar refractivity (Wildman–Crippen MR) is 130 cm³/mol. The number of carboxylic acids is 1. The van der Waals surface area contributed by atoms with Crippen LogP contribution in [0.15, 0.2) is 99.6 Å². The first-order valence-electron chi connectivity index (χ1n) is 11.5. The van der Waals surface area contributed by atoms with Crippen molar-refractivity contribution in [3.63, 3.8) is 0 Å². The molecular weight excluding hydrogens is 457 g/mol. The zero-order valence-corrected chi connectivity index (χ0v) is 20.2. The number of aryl methyl sites for hydroxylation is 1. The Morgan fingerprint density at radius 3 is 1.56 bits per heavy atom. The van der Waals surface area contributed by atoms with Crippen LogP contribution in [0, 0.1) is 0 Å². The third kappa shape index (κ3) is 9.64. The Balaban J connectivity index is 0.000000509. The number of carboxylic acid groups (broad SMARTS) is 1. The number of hydrogen-bond donors (Lipinski definition) is 0. The van der Waals surface area contributed by atoms with Crippen LogP contribution in [0.2, 0.25) is 0 Å². The van der Waals surface area contributed by atoms with Gasteiger partial charge < -0.3 is 9.90 Å². The number of carbonyl (C=O) groups is 1. The highest BCUT2D eigenvalue weighted by Gasteiger charge is 2.29. The maximum absolute atomic E-state index is 10.5. The molecule has 0 radical (unpaired) electrons. The molecule has 0 heterocycles. The van der Waals surface area contributed by atoms with Crippen LogP contribution in [-0.2, 0) is 22.1 Å². The first-order valence-corrected chi connectivity index (χ1v) is 12.8. The first kappa shape index (κ1) is 27.5. The molecule has 3 rings (SSSR count). The Bertz CT molecular complexity index is 919. The lowest BCUT2D eigenvalue weighted by molar-refractivity contribution is -0.344. The highest BCUT2D eigenvalue weighted by molar-refractivity contribution is 7.97. The first-order chi connectivity index (χ1) is 16.3. The molecule has 0 spiro atoms. The average Bonchev–Trinajstić information content (AvgIpc) is 2.84. The quantitative estimate of drug-likeness (QED) is 0.228. The van der Waals surface area contributed by atoms with Crippen molar-refractivity contribution in [2.45, 2.75) is 72.7 Å². The van der Waals surface area contributed by atoms with Crippen LogP contribution in [0.25, 0.3) is 0 Å². The lowest BCUT2D eigenvalue weighted by atomic mass is 10.1. The number of alkyl halides is 3. The highest BCUT2D eigenvalue weighted by atomic mass is 32.2. The maximum atomic E-state index is 10.5. The van der Waals surface area contributed by atoms with Gasteiger partial charge in [-0.05, 0) is 54.8 Å². The summed E-state index contributed by atoms with van der Waals surface area (Å²) < 4.78 is 31.5. The van der Waals surface area contributed by atoms with Gasteiger partial charge in [0.2, 0.25) is 0 Å². The van der Waals surface area contributed by atoms with Crippen LogP contribution in [-0.4, -0.2) is 12.1 Å². The lowest BCUT2D eigenvalue weighted by Crippen LogP contribution is -2.37. The molecule has 3 aromatic rings. The molecule has 0 N–H and O–H groups in total. The number of halogens is 3. The molecule has 0 aliphatic carbocycles. The van der Waals surface area contributed by atoms with Crippen LogP contribution < -0.4 is 5.11 Å². The largest absolute Gasteiger partial charge is 0.542 e. The summed E-state index contributed by atoms with van der Waals surface area (Å²) in [6.45, 7) is 2.28. The minimum Gasteiger partial charge on any atom is -0.542 e. The van der Waals surface area contributed by atoms with E-state index in [2.05, 4.69) is 91.9 Å². The molecule has 0 aliphatic heterocycles. The summed E-state index contributed by atoms with van der Waals surface area (Å²) in [5.74, 6) is -3.01. The molecular formula is C28H31F3O2S. The normalized spacial score (nSPS) is 11.1. The van der Waals surface area contributed by atoms with E-state index in [9.17, 15) is 13.2 Å². The minimum absolute atomic E-state index is 0.0341. The van der Waals surface area contributed by atoms with Crippen molar-refractivity contribution in [2.24, 2.45) is 0 Å². The highest BCUT2D eigenvalue weighted by Crippen LogP contribution is 2.31. The second-order valence-corrected chi connectivity index (χ2v) is 9.91. The fraction of sp³-hybridized carbons (Fsp3) is 0.321. The van der Waals surface area contributed by atoms with Gasteiger partial charge in [-0.25, -0.2) is 0 Å². The van der Waals surface area contributed by atoms with Gasteiger partial charge in [0.1, 0.15) is 5.97 Å². The second kappa shape index (κ2) is 14.5. The van der Waals surface area contributed by atoms with E-state index in [-0.39, 0.29) is 10.9 Å². The molecule has 6 heteroatoms. The molecule has 0 aromatic heterocycles. The lowest BCUT2D eigenvalue weighted by Gasteiger charge is -2.09. The van der Waals surface area contributed by atoms with Crippen molar-refractivity contribution < 1.29 is 23.1 Å². The van der Waals surface area contributed by atoms with E-state index < -0.39 is 12.1 Å². The Morgan fingerprint density at radius 2 is 1.12 bits per heavy atom. The van der Waals surface area contributed by atoms with E-state index in [0.717, 1.165) is 0 Å². The molecule has 0 saturated heterocycles. The molecule has 0 aliphatic rings. The van der Waals surface area contributed by atoms with Gasteiger partial charge in [0.25, 0.3) is 0 Å². The van der Waals surface area contributed by atoms with Gasteiger partial charge in [-0.2, -0.15) is 13.2 Å². The summed E-state index contributed by atoms with van der Waals surface area (Å²) in [5.41, 5.74) is 1.47. The van der Waals surface area contributed by atoms with Crippen LogP contribution in [0.4, 0.5) is 13.2 Å². The average molecular weight is 489 g/mol. The van der Waals surface area contributed by atoms with E-state index in [1.807, 2.05) is 0 Å². The fourth-order valence-electron chi connectivity index (χ4n) is 3.42. The van der Waals surface area contributed by atoms with Gasteiger partial charge in [-0.3, -0.25) is 0 Å². The summed E-state index contributed by atoms with van der Waals surface area (Å²) in [6.07, 6.45) is 4.18. The van der Waals surface area contributed by atoms with Crippen molar-refractivity contribution >= 4 is 16.9 Å². The molecule has 0 amide bonds. The minimum atomic E-state index is -5.19. The van der Waals surface area contributed by atoms with Gasteiger partial charge in [0.05, 0.1) is 10.9 Å². The van der Waals surface area contributed by atoms with Crippen molar-refractivity contribution in [3.05, 3.63) is 90.5 Å². The van der Waals surface area contributed by atoms with Crippen LogP contribution in [0.3, 0.4) is 0 Å². The predicted octanol–water partition coefficient (Wildman–Crippen LogP) is 6.98. The zero-order valence-electron chi connectivity index (χ0n) is 19.4. The molecule has 0 saturated carbocycles. The van der Waals surface area contributed by atoms with Crippen molar-refractivity contribution in [1.82, 2.24) is 0 Å². The van der Waals surface area contributed by atoms with Gasteiger partial charge in [-0.15, -0.1) is 0 Å². The second-order valence-electron chi connectivity index (χ2n) is 7.88. The smallest absolute Gasteiger partial charge is 0.430 e. The molecule has 0 bridgehead atoms. The van der Waals surface area contributed by atoms with Crippen LogP contribution in [0.5, 0.6) is 0 Å². The Labute approximate surface area is 203 Å². The third-order valence-electron chi connectivity index (χ3n) is 5.17. The summed E-state index contributed by atoms with van der Waals surface area (Å²) in [4.78, 5) is 13.0. The number of rotatable bonds is 10. The topological polar surface area (TPSA) is 40.1 Å². The van der Waals surface area contributed by atoms with Gasteiger partial charge in [0.15, 0.2) is 14.7 Å². The monoisotopic (exact) mass is 488 g/mol. The Hall–Kier alpha value is -2.73. The van der Waals surface area contributed by atoms with E-state index >= 15 is 0 Å². The van der Waals surface area contributed by atoms with E-state index in [0.29, 0.717) is 0 Å². The van der Waals surface area contributed by atoms with Crippen molar-refractivity contribution in [3.8, 4) is 0 Å². The fourth-order valence-corrected chi connectivity index (χ4v) is 5.51. The molecule has 0 fully saturated rings. The Kier molecular flexibility index (Phi) is 11.7. The van der Waals surface area contributed by atoms with Gasteiger partial charge >= 0.3 is 6.18 Å². The number of benzene rings is 3. The maximum Gasteiger partial charge on any atom is 0.430 e. The summed E-state index contributed by atoms with van der Waals surface area (Å²) in [5, 5.41) is 8.78. The van der Waals surface area contributed by atoms with Crippen molar-refractivity contribution in [2.75, 3.05) is 0 Å². The summed E-state index contributed by atoms with van der Waals surface area (Å²) in [7, 11) is -0.0341. The number of aliphatic carboxylic acids is 1.